The van der Waals surface area contributed by atoms with Crippen LogP contribution in [-0.2, 0) is 14.8 Å². The number of nitrogens with one attached hydrogen (secondary N) is 1. The number of guanidine groups is 1. The molecule has 1 heterocycles. The average molecular weight is 363 g/mol. The molecule has 0 saturated carbocycles. The summed E-state index contributed by atoms with van der Waals surface area (Å²) in [5.74, 6) is 0.415. The van der Waals surface area contributed by atoms with E-state index in [4.69, 9.17) is 10.5 Å². The zero-order valence-corrected chi connectivity index (χ0v) is 15.7. The number of nitrogens with zero attached hydrogens (tertiary/aromatic N) is 3. The molecule has 0 bridgehead atoms. The van der Waals surface area contributed by atoms with Gasteiger partial charge in [-0.2, -0.15) is 0 Å². The lowest BCUT2D eigenvalue weighted by molar-refractivity contribution is 0.0186. The van der Waals surface area contributed by atoms with Crippen molar-refractivity contribution in [3.63, 3.8) is 0 Å². The molecule has 9 nitrogen and oxygen atoms in total. The molecule has 1 rings (SSSR count). The van der Waals surface area contributed by atoms with Gasteiger partial charge in [0.2, 0.25) is 10.0 Å². The van der Waals surface area contributed by atoms with Crippen molar-refractivity contribution in [2.75, 3.05) is 45.5 Å². The Labute approximate surface area is 144 Å². The van der Waals surface area contributed by atoms with Crippen molar-refractivity contribution in [1.82, 2.24) is 14.5 Å². The molecule has 1 amide bonds. The first-order valence-corrected chi connectivity index (χ1v) is 9.84. The topological polar surface area (TPSA) is 117 Å². The molecule has 3 N–H and O–H groups in total. The molecular formula is C14H29N5O4S. The molecule has 140 valence electrons. The van der Waals surface area contributed by atoms with E-state index in [1.54, 1.807) is 4.90 Å². The van der Waals surface area contributed by atoms with Crippen molar-refractivity contribution < 1.29 is 17.9 Å². The van der Waals surface area contributed by atoms with Gasteiger partial charge in [-0.15, -0.1) is 0 Å². The summed E-state index contributed by atoms with van der Waals surface area (Å²) in [6, 6.07) is 0. The fraction of sp³-hybridized carbons (Fsp3) is 0.857. The third-order valence-electron chi connectivity index (χ3n) is 3.23. The van der Waals surface area contributed by atoms with Gasteiger partial charge in [0.05, 0.1) is 6.26 Å². The first kappa shape index (κ1) is 20.5. The Morgan fingerprint density at radius 3 is 2.25 bits per heavy atom. The predicted octanol–water partition coefficient (Wildman–Crippen LogP) is -0.207. The van der Waals surface area contributed by atoms with Crippen molar-refractivity contribution >= 4 is 22.1 Å². The first-order valence-electron chi connectivity index (χ1n) is 7.95. The van der Waals surface area contributed by atoms with E-state index in [0.29, 0.717) is 51.6 Å². The standard InChI is InChI=1S/C14H29N5O4S/c1-14(2,3)23-13(20)19-10-8-18(9-11-19)12(15)16-6-5-7-17-24(4,21)22/h17H,5-11H2,1-4H3,(H2,15,16). The van der Waals surface area contributed by atoms with Crippen molar-refractivity contribution in [3.05, 3.63) is 0 Å². The zero-order chi connectivity index (χ0) is 18.4. The molecule has 24 heavy (non-hydrogen) atoms. The highest BCUT2D eigenvalue weighted by Gasteiger charge is 2.26. The Balaban J connectivity index is 2.33. The summed E-state index contributed by atoms with van der Waals surface area (Å²) in [5, 5.41) is 0. The van der Waals surface area contributed by atoms with Crippen LogP contribution in [0.1, 0.15) is 27.2 Å². The van der Waals surface area contributed by atoms with Gasteiger partial charge in [-0.3, -0.25) is 4.99 Å². The highest BCUT2D eigenvalue weighted by Crippen LogP contribution is 2.11. The second-order valence-corrected chi connectivity index (χ2v) is 8.55. The lowest BCUT2D eigenvalue weighted by Gasteiger charge is -2.36. The van der Waals surface area contributed by atoms with Gasteiger partial charge in [-0.25, -0.2) is 17.9 Å². The fourth-order valence-corrected chi connectivity index (χ4v) is 2.59. The summed E-state index contributed by atoms with van der Waals surface area (Å²) in [4.78, 5) is 19.8. The molecule has 0 atom stereocenters. The molecule has 1 aliphatic heterocycles. The minimum absolute atomic E-state index is 0.315. The largest absolute Gasteiger partial charge is 0.444 e. The third kappa shape index (κ3) is 8.34. The first-order chi connectivity index (χ1) is 11.0. The maximum atomic E-state index is 12.0. The summed E-state index contributed by atoms with van der Waals surface area (Å²) >= 11 is 0. The van der Waals surface area contributed by atoms with E-state index in [2.05, 4.69) is 9.71 Å². The van der Waals surface area contributed by atoms with Gasteiger partial charge in [0, 0.05) is 39.3 Å². The van der Waals surface area contributed by atoms with E-state index in [0.717, 1.165) is 6.26 Å². The van der Waals surface area contributed by atoms with Crippen LogP contribution in [-0.4, -0.2) is 81.4 Å². The van der Waals surface area contributed by atoms with Crippen LogP contribution in [0.3, 0.4) is 0 Å². The van der Waals surface area contributed by atoms with Crippen LogP contribution < -0.4 is 10.5 Å². The number of amides is 1. The van der Waals surface area contributed by atoms with Crippen LogP contribution in [0.5, 0.6) is 0 Å². The van der Waals surface area contributed by atoms with Gasteiger partial charge in [0.15, 0.2) is 5.96 Å². The van der Waals surface area contributed by atoms with Gasteiger partial charge in [-0.1, -0.05) is 0 Å². The van der Waals surface area contributed by atoms with E-state index >= 15 is 0 Å². The van der Waals surface area contributed by atoms with Crippen LogP contribution in [0.2, 0.25) is 0 Å². The Kier molecular flexibility index (Phi) is 7.27. The Morgan fingerprint density at radius 1 is 1.21 bits per heavy atom. The molecule has 1 aliphatic rings. The Hall–Kier alpha value is -1.55. The molecule has 1 saturated heterocycles. The highest BCUT2D eigenvalue weighted by atomic mass is 32.2. The number of aliphatic imine (C=N–C) groups is 1. The maximum absolute atomic E-state index is 12.0. The molecule has 0 spiro atoms. The molecule has 0 radical (unpaired) electrons. The number of sulfonamides is 1. The maximum Gasteiger partial charge on any atom is 0.410 e. The molecular weight excluding hydrogens is 334 g/mol. The van der Waals surface area contributed by atoms with Gasteiger partial charge < -0.3 is 20.3 Å². The van der Waals surface area contributed by atoms with E-state index in [1.807, 2.05) is 25.7 Å². The van der Waals surface area contributed by atoms with Crippen LogP contribution in [0, 0.1) is 0 Å². The predicted molar refractivity (Wildman–Crippen MR) is 93.3 cm³/mol. The summed E-state index contributed by atoms with van der Waals surface area (Å²) in [5.41, 5.74) is 5.44. The summed E-state index contributed by atoms with van der Waals surface area (Å²) in [6.07, 6.45) is 1.38. The number of hydrogen-bond acceptors (Lipinski definition) is 5. The monoisotopic (exact) mass is 363 g/mol. The van der Waals surface area contributed by atoms with E-state index in [-0.39, 0.29) is 6.09 Å². The van der Waals surface area contributed by atoms with E-state index in [9.17, 15) is 13.2 Å². The summed E-state index contributed by atoms with van der Waals surface area (Å²) in [6.45, 7) is 8.54. The second-order valence-electron chi connectivity index (χ2n) is 6.71. The smallest absolute Gasteiger partial charge is 0.410 e. The number of piperazine rings is 1. The van der Waals surface area contributed by atoms with Crippen LogP contribution in [0.4, 0.5) is 4.79 Å². The van der Waals surface area contributed by atoms with E-state index < -0.39 is 15.6 Å². The normalized spacial score (nSPS) is 17.1. The Morgan fingerprint density at radius 2 is 1.75 bits per heavy atom. The number of nitrogens with two attached hydrogens (primary N) is 1. The van der Waals surface area contributed by atoms with Crippen LogP contribution in [0.25, 0.3) is 0 Å². The average Bonchev–Trinajstić information content (AvgIpc) is 2.44. The molecule has 0 unspecified atom stereocenters. The molecule has 0 aromatic rings. The van der Waals surface area contributed by atoms with Crippen LogP contribution >= 0.6 is 0 Å². The number of rotatable bonds is 5. The third-order valence-corrected chi connectivity index (χ3v) is 3.96. The molecule has 1 fully saturated rings. The molecule has 0 aliphatic carbocycles. The quantitative estimate of drug-likeness (QED) is 0.397. The molecule has 10 heteroatoms. The van der Waals surface area contributed by atoms with Gasteiger partial charge in [-0.05, 0) is 27.2 Å². The lowest BCUT2D eigenvalue weighted by atomic mass is 10.2. The summed E-state index contributed by atoms with van der Waals surface area (Å²) in [7, 11) is -3.16. The summed E-state index contributed by atoms with van der Waals surface area (Å²) < 4.78 is 29.6. The van der Waals surface area contributed by atoms with Gasteiger partial charge >= 0.3 is 6.09 Å². The molecule has 0 aromatic carbocycles. The lowest BCUT2D eigenvalue weighted by Crippen LogP contribution is -2.53. The van der Waals surface area contributed by atoms with Crippen molar-refractivity contribution in [3.8, 4) is 0 Å². The Bertz CT molecular complexity index is 548. The fourth-order valence-electron chi connectivity index (χ4n) is 2.07. The van der Waals surface area contributed by atoms with Gasteiger partial charge in [0.25, 0.3) is 0 Å². The number of ether oxygens (including phenoxy) is 1. The SMILES string of the molecule is CC(C)(C)OC(=O)N1CCN(C(N)=NCCCNS(C)(=O)=O)CC1. The van der Waals surface area contributed by atoms with Crippen molar-refractivity contribution in [2.45, 2.75) is 32.8 Å². The van der Waals surface area contributed by atoms with Crippen molar-refractivity contribution in [1.29, 1.82) is 0 Å². The molecule has 0 aromatic heterocycles. The second kappa shape index (κ2) is 8.52. The number of hydrogen-bond donors (Lipinski definition) is 2. The number of carbonyl (C=O) groups excluding carboxylic acids is 1. The zero-order valence-electron chi connectivity index (χ0n) is 14.9. The van der Waals surface area contributed by atoms with E-state index in [1.165, 1.54) is 0 Å². The van der Waals surface area contributed by atoms with Crippen LogP contribution in [0.15, 0.2) is 4.99 Å². The van der Waals surface area contributed by atoms with Gasteiger partial charge in [0.1, 0.15) is 5.60 Å². The van der Waals surface area contributed by atoms with Crippen molar-refractivity contribution in [2.24, 2.45) is 10.7 Å². The minimum atomic E-state index is -3.16. The minimum Gasteiger partial charge on any atom is -0.444 e. The highest BCUT2D eigenvalue weighted by molar-refractivity contribution is 7.88. The number of carbonyl (C=O) groups is 1.